The van der Waals surface area contributed by atoms with Gasteiger partial charge in [0.1, 0.15) is 11.6 Å². The summed E-state index contributed by atoms with van der Waals surface area (Å²) in [5.41, 5.74) is 3.79. The first-order valence-corrected chi connectivity index (χ1v) is 6.44. The molecule has 3 rings (SSSR count). The molecule has 0 spiro atoms. The van der Waals surface area contributed by atoms with Gasteiger partial charge in [-0.05, 0) is 6.92 Å². The lowest BCUT2D eigenvalue weighted by molar-refractivity contribution is 0.786. The van der Waals surface area contributed by atoms with Gasteiger partial charge in [-0.1, -0.05) is 0 Å². The van der Waals surface area contributed by atoms with Gasteiger partial charge in [-0.2, -0.15) is 0 Å². The van der Waals surface area contributed by atoms with Crippen molar-refractivity contribution in [3.05, 3.63) is 47.2 Å². The molecule has 0 saturated heterocycles. The van der Waals surface area contributed by atoms with Crippen LogP contribution < -0.4 is 0 Å². The van der Waals surface area contributed by atoms with Gasteiger partial charge in [0.2, 0.25) is 0 Å². The molecule has 0 bridgehead atoms. The summed E-state index contributed by atoms with van der Waals surface area (Å²) in [6.45, 7) is 2.58. The van der Waals surface area contributed by atoms with Gasteiger partial charge < -0.3 is 4.57 Å². The molecule has 0 amide bonds. The van der Waals surface area contributed by atoms with Gasteiger partial charge in [0, 0.05) is 30.2 Å². The van der Waals surface area contributed by atoms with Crippen LogP contribution in [0, 0.1) is 6.92 Å². The molecule has 3 aromatic rings. The summed E-state index contributed by atoms with van der Waals surface area (Å²) in [6.07, 6.45) is 7.31. The second-order valence-corrected chi connectivity index (χ2v) is 4.60. The second-order valence-electron chi connectivity index (χ2n) is 3.88. The summed E-state index contributed by atoms with van der Waals surface area (Å²) in [6, 6.07) is 0. The van der Waals surface area contributed by atoms with Crippen molar-refractivity contribution in [2.45, 2.75) is 13.5 Å². The Labute approximate surface area is 108 Å². The first kappa shape index (κ1) is 11.0. The Morgan fingerprint density at radius 3 is 2.72 bits per heavy atom. The molecular weight excluding hydrogens is 246 g/mol. The number of hydrogen-bond acceptors (Lipinski definition) is 5. The Kier molecular flexibility index (Phi) is 2.85. The molecule has 0 saturated carbocycles. The summed E-state index contributed by atoms with van der Waals surface area (Å²) in [7, 11) is 0. The van der Waals surface area contributed by atoms with Crippen molar-refractivity contribution in [2.75, 3.05) is 0 Å². The van der Waals surface area contributed by atoms with E-state index in [1.807, 2.05) is 28.6 Å². The molecular formula is C12H11N5S. The molecule has 0 fully saturated rings. The molecule has 6 heteroatoms. The molecule has 3 aromatic heterocycles. The number of aromatic nitrogens is 5. The number of nitrogens with zero attached hydrogens (tertiary/aromatic N) is 5. The number of rotatable bonds is 3. The van der Waals surface area contributed by atoms with E-state index in [-0.39, 0.29) is 0 Å². The predicted octanol–water partition coefficient (Wildman–Crippen LogP) is 2.15. The monoisotopic (exact) mass is 257 g/mol. The van der Waals surface area contributed by atoms with Gasteiger partial charge in [-0.3, -0.25) is 0 Å². The quantitative estimate of drug-likeness (QED) is 0.721. The highest BCUT2D eigenvalue weighted by Crippen LogP contribution is 2.16. The SMILES string of the molecule is Cc1ncc(-c2nccn2Cc2cscn2)cn1. The van der Waals surface area contributed by atoms with E-state index < -0.39 is 0 Å². The molecule has 0 aliphatic rings. The van der Waals surface area contributed by atoms with E-state index in [4.69, 9.17) is 0 Å². The Balaban J connectivity index is 1.94. The van der Waals surface area contributed by atoms with Crippen LogP contribution in [0.25, 0.3) is 11.4 Å². The van der Waals surface area contributed by atoms with Crippen molar-refractivity contribution in [1.82, 2.24) is 24.5 Å². The fourth-order valence-corrected chi connectivity index (χ4v) is 2.24. The Hall–Kier alpha value is -2.08. The summed E-state index contributed by atoms with van der Waals surface area (Å²) >= 11 is 1.60. The molecule has 0 aliphatic carbocycles. The zero-order valence-corrected chi connectivity index (χ0v) is 10.6. The van der Waals surface area contributed by atoms with Gasteiger partial charge >= 0.3 is 0 Å². The van der Waals surface area contributed by atoms with Crippen LogP contribution in [0.1, 0.15) is 11.5 Å². The molecule has 0 unspecified atom stereocenters. The normalized spacial score (nSPS) is 10.7. The maximum atomic E-state index is 4.36. The van der Waals surface area contributed by atoms with Crippen LogP contribution in [0.15, 0.2) is 35.7 Å². The highest BCUT2D eigenvalue weighted by Gasteiger charge is 2.07. The second kappa shape index (κ2) is 4.66. The highest BCUT2D eigenvalue weighted by atomic mass is 32.1. The smallest absolute Gasteiger partial charge is 0.143 e. The van der Waals surface area contributed by atoms with Crippen molar-refractivity contribution in [3.8, 4) is 11.4 Å². The fourth-order valence-electron chi connectivity index (χ4n) is 1.70. The van der Waals surface area contributed by atoms with Crippen molar-refractivity contribution < 1.29 is 0 Å². The van der Waals surface area contributed by atoms with Crippen LogP contribution in [-0.2, 0) is 6.54 Å². The van der Waals surface area contributed by atoms with Crippen LogP contribution >= 0.6 is 11.3 Å². The lowest BCUT2D eigenvalue weighted by Gasteiger charge is -2.05. The number of imidazole rings is 1. The first-order valence-electron chi connectivity index (χ1n) is 5.50. The van der Waals surface area contributed by atoms with Gasteiger partial charge in [-0.25, -0.2) is 19.9 Å². The minimum absolute atomic E-state index is 0.715. The maximum absolute atomic E-state index is 4.36. The summed E-state index contributed by atoms with van der Waals surface area (Å²) < 4.78 is 2.04. The third-order valence-corrected chi connectivity index (χ3v) is 3.21. The van der Waals surface area contributed by atoms with Crippen molar-refractivity contribution >= 4 is 11.3 Å². The fraction of sp³-hybridized carbons (Fsp3) is 0.167. The van der Waals surface area contributed by atoms with Crippen LogP contribution in [0.2, 0.25) is 0 Å². The van der Waals surface area contributed by atoms with Gasteiger partial charge in [0.15, 0.2) is 0 Å². The summed E-state index contributed by atoms with van der Waals surface area (Å²) in [4.78, 5) is 17.0. The molecule has 0 N–H and O–H groups in total. The molecule has 3 heterocycles. The third kappa shape index (κ3) is 2.14. The summed E-state index contributed by atoms with van der Waals surface area (Å²) in [5, 5.41) is 2.04. The summed E-state index contributed by atoms with van der Waals surface area (Å²) in [5.74, 6) is 1.62. The molecule has 5 nitrogen and oxygen atoms in total. The standard InChI is InChI=1S/C12H11N5S/c1-9-14-4-10(5-15-9)12-13-2-3-17(12)6-11-7-18-8-16-11/h2-5,7-8H,6H2,1H3. The van der Waals surface area contributed by atoms with Crippen molar-refractivity contribution in [3.63, 3.8) is 0 Å². The number of hydrogen-bond donors (Lipinski definition) is 0. The van der Waals surface area contributed by atoms with E-state index in [9.17, 15) is 0 Å². The average Bonchev–Trinajstić information content (AvgIpc) is 3.02. The minimum atomic E-state index is 0.715. The first-order chi connectivity index (χ1) is 8.83. The van der Waals surface area contributed by atoms with E-state index >= 15 is 0 Å². The van der Waals surface area contributed by atoms with E-state index in [0.29, 0.717) is 6.54 Å². The molecule has 18 heavy (non-hydrogen) atoms. The van der Waals surface area contributed by atoms with Crippen LogP contribution in [0.5, 0.6) is 0 Å². The Bertz CT molecular complexity index is 627. The predicted molar refractivity (Wildman–Crippen MR) is 69.2 cm³/mol. The van der Waals surface area contributed by atoms with Crippen LogP contribution in [0.4, 0.5) is 0 Å². The molecule has 0 radical (unpaired) electrons. The molecule has 90 valence electrons. The third-order valence-electron chi connectivity index (χ3n) is 2.57. The van der Waals surface area contributed by atoms with Crippen molar-refractivity contribution in [2.24, 2.45) is 0 Å². The van der Waals surface area contributed by atoms with Gasteiger partial charge in [0.05, 0.1) is 23.3 Å². The molecule has 0 aromatic carbocycles. The molecule has 0 atom stereocenters. The Morgan fingerprint density at radius 2 is 2.00 bits per heavy atom. The van der Waals surface area contributed by atoms with E-state index in [1.54, 1.807) is 29.9 Å². The van der Waals surface area contributed by atoms with Gasteiger partial charge in [0.25, 0.3) is 0 Å². The number of thiazole rings is 1. The minimum Gasteiger partial charge on any atom is -0.325 e. The van der Waals surface area contributed by atoms with Crippen LogP contribution in [-0.4, -0.2) is 24.5 Å². The topological polar surface area (TPSA) is 56.5 Å². The lowest BCUT2D eigenvalue weighted by atomic mass is 10.3. The van der Waals surface area contributed by atoms with E-state index in [0.717, 1.165) is 22.9 Å². The lowest BCUT2D eigenvalue weighted by Crippen LogP contribution is -2.02. The number of aryl methyl sites for hydroxylation is 1. The average molecular weight is 257 g/mol. The van der Waals surface area contributed by atoms with Crippen molar-refractivity contribution in [1.29, 1.82) is 0 Å². The van der Waals surface area contributed by atoms with E-state index in [2.05, 4.69) is 19.9 Å². The zero-order valence-electron chi connectivity index (χ0n) is 9.82. The Morgan fingerprint density at radius 1 is 1.17 bits per heavy atom. The van der Waals surface area contributed by atoms with E-state index in [1.165, 1.54) is 0 Å². The zero-order chi connectivity index (χ0) is 12.4. The molecule has 0 aliphatic heterocycles. The maximum Gasteiger partial charge on any atom is 0.143 e. The van der Waals surface area contributed by atoms with Gasteiger partial charge in [-0.15, -0.1) is 11.3 Å². The highest BCUT2D eigenvalue weighted by molar-refractivity contribution is 7.07. The largest absolute Gasteiger partial charge is 0.325 e. The van der Waals surface area contributed by atoms with Crippen LogP contribution in [0.3, 0.4) is 0 Å².